The van der Waals surface area contributed by atoms with Crippen LogP contribution in [0.3, 0.4) is 0 Å². The summed E-state index contributed by atoms with van der Waals surface area (Å²) in [6.45, 7) is -0.0842. The number of rotatable bonds is 2. The summed E-state index contributed by atoms with van der Waals surface area (Å²) in [5.74, 6) is -0.884. The van der Waals surface area contributed by atoms with Crippen LogP contribution in [-0.4, -0.2) is 43.3 Å². The number of benzene rings is 1. The molecule has 19 heavy (non-hydrogen) atoms. The minimum Gasteiger partial charge on any atom is -0.486 e. The molecule has 1 amide bonds. The number of alkyl halides is 3. The van der Waals surface area contributed by atoms with Crippen molar-refractivity contribution in [2.24, 2.45) is 0 Å². The van der Waals surface area contributed by atoms with Crippen molar-refractivity contribution in [3.63, 3.8) is 0 Å². The second-order valence-electron chi connectivity index (χ2n) is 4.18. The normalized spacial score (nSPS) is 18.0. The fraction of sp³-hybridized carbons (Fsp3) is 0.417. The number of nitrogens with zero attached hydrogens (tertiary/aromatic N) is 1. The van der Waals surface area contributed by atoms with Crippen LogP contribution in [0.25, 0.3) is 0 Å². The number of ether oxygens (including phenoxy) is 2. The summed E-state index contributed by atoms with van der Waals surface area (Å²) in [6, 6.07) is 6.86. The Kier molecular flexibility index (Phi) is 3.55. The van der Waals surface area contributed by atoms with Gasteiger partial charge in [-0.15, -0.1) is 0 Å². The van der Waals surface area contributed by atoms with Crippen molar-refractivity contribution in [3.05, 3.63) is 24.3 Å². The second-order valence-corrected chi connectivity index (χ2v) is 4.18. The maximum atomic E-state index is 12.2. The van der Waals surface area contributed by atoms with Crippen LogP contribution in [0, 0.1) is 0 Å². The molecule has 104 valence electrons. The standard InChI is InChI=1S/C12H12F3NO3/c1-16(11(17)12(13,14)15)6-8-7-18-9-4-2-3-5-10(9)19-8/h2-5,8H,6-7H2,1H3. The van der Waals surface area contributed by atoms with E-state index >= 15 is 0 Å². The molecule has 1 aromatic rings. The summed E-state index contributed by atoms with van der Waals surface area (Å²) in [6.07, 6.45) is -5.49. The number of likely N-dealkylation sites (N-methyl/N-ethyl adjacent to an activating group) is 1. The van der Waals surface area contributed by atoms with Crippen molar-refractivity contribution in [1.82, 2.24) is 4.90 Å². The minimum atomic E-state index is -4.87. The number of carbonyl (C=O) groups excluding carboxylic acids is 1. The van der Waals surface area contributed by atoms with E-state index in [1.54, 1.807) is 24.3 Å². The Balaban J connectivity index is 1.97. The van der Waals surface area contributed by atoms with Crippen LogP contribution in [0.1, 0.15) is 0 Å². The minimum absolute atomic E-state index is 0.104. The molecular weight excluding hydrogens is 263 g/mol. The van der Waals surface area contributed by atoms with Gasteiger partial charge >= 0.3 is 12.1 Å². The molecule has 1 unspecified atom stereocenters. The average Bonchev–Trinajstić information content (AvgIpc) is 2.36. The molecule has 1 heterocycles. The Hall–Kier alpha value is -1.92. The zero-order valence-electron chi connectivity index (χ0n) is 10.1. The van der Waals surface area contributed by atoms with E-state index < -0.39 is 18.2 Å². The molecule has 7 heteroatoms. The van der Waals surface area contributed by atoms with Crippen molar-refractivity contribution in [3.8, 4) is 11.5 Å². The van der Waals surface area contributed by atoms with Crippen molar-refractivity contribution < 1.29 is 27.4 Å². The van der Waals surface area contributed by atoms with Gasteiger partial charge in [-0.3, -0.25) is 4.79 Å². The number of hydrogen-bond donors (Lipinski definition) is 0. The van der Waals surface area contributed by atoms with Crippen LogP contribution < -0.4 is 9.47 Å². The van der Waals surface area contributed by atoms with E-state index in [1.807, 2.05) is 0 Å². The molecule has 0 saturated heterocycles. The number of para-hydroxylation sites is 2. The summed E-state index contributed by atoms with van der Waals surface area (Å²) in [7, 11) is 1.08. The van der Waals surface area contributed by atoms with Gasteiger partial charge in [0.2, 0.25) is 0 Å². The highest BCUT2D eigenvalue weighted by atomic mass is 19.4. The Labute approximate surface area is 107 Å². The third-order valence-corrected chi connectivity index (χ3v) is 2.63. The summed E-state index contributed by atoms with van der Waals surface area (Å²) in [4.78, 5) is 11.6. The van der Waals surface area contributed by atoms with E-state index in [9.17, 15) is 18.0 Å². The highest BCUT2D eigenvalue weighted by Crippen LogP contribution is 2.31. The number of hydrogen-bond acceptors (Lipinski definition) is 3. The SMILES string of the molecule is CN(CC1COc2ccccc2O1)C(=O)C(F)(F)F. The first kappa shape index (κ1) is 13.5. The lowest BCUT2D eigenvalue weighted by molar-refractivity contribution is -0.185. The zero-order valence-corrected chi connectivity index (χ0v) is 10.1. The molecule has 2 rings (SSSR count). The molecule has 0 fully saturated rings. The maximum Gasteiger partial charge on any atom is 0.471 e. The van der Waals surface area contributed by atoms with Crippen LogP contribution in [0.15, 0.2) is 24.3 Å². The predicted octanol–water partition coefficient (Wildman–Crippen LogP) is 1.85. The quantitative estimate of drug-likeness (QED) is 0.826. The first-order valence-corrected chi connectivity index (χ1v) is 5.58. The topological polar surface area (TPSA) is 38.8 Å². The molecule has 0 radical (unpaired) electrons. The Morgan fingerprint density at radius 3 is 2.63 bits per heavy atom. The lowest BCUT2D eigenvalue weighted by atomic mass is 10.2. The number of amides is 1. The highest BCUT2D eigenvalue weighted by molar-refractivity contribution is 5.81. The van der Waals surface area contributed by atoms with Gasteiger partial charge in [0.1, 0.15) is 6.61 Å². The third kappa shape index (κ3) is 3.10. The smallest absolute Gasteiger partial charge is 0.471 e. The Bertz CT molecular complexity index is 476. The lowest BCUT2D eigenvalue weighted by Crippen LogP contribution is -2.46. The Morgan fingerprint density at radius 1 is 1.37 bits per heavy atom. The highest BCUT2D eigenvalue weighted by Gasteiger charge is 2.42. The summed E-state index contributed by atoms with van der Waals surface area (Å²) >= 11 is 0. The van der Waals surface area contributed by atoms with Gasteiger partial charge in [-0.25, -0.2) is 0 Å². The summed E-state index contributed by atoms with van der Waals surface area (Å²) in [5, 5.41) is 0. The van der Waals surface area contributed by atoms with Crippen molar-refractivity contribution in [1.29, 1.82) is 0 Å². The zero-order chi connectivity index (χ0) is 14.0. The fourth-order valence-corrected chi connectivity index (χ4v) is 1.76. The largest absolute Gasteiger partial charge is 0.486 e. The van der Waals surface area contributed by atoms with E-state index in [0.717, 1.165) is 7.05 Å². The first-order valence-electron chi connectivity index (χ1n) is 5.58. The van der Waals surface area contributed by atoms with E-state index in [-0.39, 0.29) is 13.2 Å². The monoisotopic (exact) mass is 275 g/mol. The van der Waals surface area contributed by atoms with Gasteiger partial charge < -0.3 is 14.4 Å². The average molecular weight is 275 g/mol. The number of fused-ring (bicyclic) bond motifs is 1. The van der Waals surface area contributed by atoms with Crippen LogP contribution >= 0.6 is 0 Å². The van der Waals surface area contributed by atoms with Gasteiger partial charge in [0.05, 0.1) is 6.54 Å². The molecule has 0 saturated carbocycles. The number of halogens is 3. The molecule has 4 nitrogen and oxygen atoms in total. The molecule has 1 aliphatic heterocycles. The van der Waals surface area contributed by atoms with Crippen LogP contribution in [0.2, 0.25) is 0 Å². The van der Waals surface area contributed by atoms with E-state index in [4.69, 9.17) is 9.47 Å². The lowest BCUT2D eigenvalue weighted by Gasteiger charge is -2.29. The maximum absolute atomic E-state index is 12.2. The van der Waals surface area contributed by atoms with Gasteiger partial charge in [0.15, 0.2) is 17.6 Å². The van der Waals surface area contributed by atoms with E-state index in [1.165, 1.54) is 0 Å². The number of carbonyl (C=O) groups is 1. The molecule has 0 bridgehead atoms. The molecule has 0 aromatic heterocycles. The fourth-order valence-electron chi connectivity index (χ4n) is 1.76. The predicted molar refractivity (Wildman–Crippen MR) is 60.0 cm³/mol. The molecule has 1 atom stereocenters. The molecule has 0 aliphatic carbocycles. The van der Waals surface area contributed by atoms with E-state index in [2.05, 4.69) is 0 Å². The summed E-state index contributed by atoms with van der Waals surface area (Å²) in [5.41, 5.74) is 0. The van der Waals surface area contributed by atoms with Crippen LogP contribution in [0.5, 0.6) is 11.5 Å². The van der Waals surface area contributed by atoms with Crippen LogP contribution in [0.4, 0.5) is 13.2 Å². The molecule has 0 spiro atoms. The van der Waals surface area contributed by atoms with Gasteiger partial charge in [0, 0.05) is 7.05 Å². The van der Waals surface area contributed by atoms with Crippen molar-refractivity contribution in [2.75, 3.05) is 20.2 Å². The molecule has 1 aliphatic rings. The second kappa shape index (κ2) is 4.99. The van der Waals surface area contributed by atoms with Gasteiger partial charge in [-0.05, 0) is 12.1 Å². The molecular formula is C12H12F3NO3. The first-order chi connectivity index (χ1) is 8.88. The van der Waals surface area contributed by atoms with Gasteiger partial charge in [0.25, 0.3) is 0 Å². The van der Waals surface area contributed by atoms with Crippen molar-refractivity contribution in [2.45, 2.75) is 12.3 Å². The van der Waals surface area contributed by atoms with E-state index in [0.29, 0.717) is 16.4 Å². The van der Waals surface area contributed by atoms with Crippen LogP contribution in [-0.2, 0) is 4.79 Å². The Morgan fingerprint density at radius 2 is 2.00 bits per heavy atom. The van der Waals surface area contributed by atoms with Gasteiger partial charge in [-0.1, -0.05) is 12.1 Å². The molecule has 0 N–H and O–H groups in total. The third-order valence-electron chi connectivity index (χ3n) is 2.63. The molecule has 1 aromatic carbocycles. The summed E-state index contributed by atoms with van der Waals surface area (Å²) < 4.78 is 47.5. The van der Waals surface area contributed by atoms with Gasteiger partial charge in [-0.2, -0.15) is 13.2 Å². The van der Waals surface area contributed by atoms with Crippen molar-refractivity contribution >= 4 is 5.91 Å².